The number of para-hydroxylation sites is 1. The summed E-state index contributed by atoms with van der Waals surface area (Å²) in [6, 6.07) is 14.3. The number of amides is 3. The molecule has 3 amide bonds. The van der Waals surface area contributed by atoms with Gasteiger partial charge in [0.05, 0.1) is 19.8 Å². The van der Waals surface area contributed by atoms with Gasteiger partial charge in [-0.2, -0.15) is 0 Å². The first-order valence-electron chi connectivity index (χ1n) is 8.71. The fraction of sp³-hybridized carbons (Fsp3) is 0.238. The quantitative estimate of drug-likeness (QED) is 0.627. The lowest BCUT2D eigenvalue weighted by Gasteiger charge is -2.16. The zero-order valence-electron chi connectivity index (χ0n) is 15.6. The second-order valence-electron chi connectivity index (χ2n) is 6.41. The van der Waals surface area contributed by atoms with E-state index >= 15 is 0 Å². The molecule has 1 fully saturated rings. The molecule has 1 heterocycles. The Morgan fingerprint density at radius 3 is 2.48 bits per heavy atom. The summed E-state index contributed by atoms with van der Waals surface area (Å²) >= 11 is 0. The first kappa shape index (κ1) is 18.5. The Morgan fingerprint density at radius 1 is 1.07 bits per heavy atom. The highest BCUT2D eigenvalue weighted by Crippen LogP contribution is 2.33. The molecule has 0 bridgehead atoms. The van der Waals surface area contributed by atoms with E-state index in [9.17, 15) is 9.59 Å². The molecule has 2 aromatic carbocycles. The molecule has 27 heavy (non-hydrogen) atoms. The maximum absolute atomic E-state index is 12.7. The van der Waals surface area contributed by atoms with E-state index in [1.165, 1.54) is 4.90 Å². The number of nitrogens with one attached hydrogen (secondary N) is 1. The van der Waals surface area contributed by atoms with Crippen LogP contribution in [0.2, 0.25) is 0 Å². The molecule has 1 saturated heterocycles. The highest BCUT2D eigenvalue weighted by atomic mass is 16.5. The predicted octanol–water partition coefficient (Wildman–Crippen LogP) is 3.58. The Bertz CT molecular complexity index is 875. The maximum atomic E-state index is 12.7. The molecule has 0 radical (unpaired) electrons. The summed E-state index contributed by atoms with van der Waals surface area (Å²) in [7, 11) is 1.56. The van der Waals surface area contributed by atoms with E-state index in [1.54, 1.807) is 25.3 Å². The Kier molecular flexibility index (Phi) is 5.45. The average molecular weight is 366 g/mol. The molecule has 1 aliphatic rings. The molecule has 3 rings (SSSR count). The molecular weight excluding hydrogens is 344 g/mol. The summed E-state index contributed by atoms with van der Waals surface area (Å²) in [6.07, 6.45) is 1.55. The summed E-state index contributed by atoms with van der Waals surface area (Å²) in [6.45, 7) is 4.04. The largest absolute Gasteiger partial charge is 0.493 e. The smallest absolute Gasteiger partial charge is 0.329 e. The van der Waals surface area contributed by atoms with E-state index in [0.717, 1.165) is 5.56 Å². The van der Waals surface area contributed by atoms with Crippen LogP contribution in [0.4, 0.5) is 4.79 Å². The van der Waals surface area contributed by atoms with Crippen molar-refractivity contribution < 1.29 is 19.1 Å². The van der Waals surface area contributed by atoms with Crippen molar-refractivity contribution in [1.29, 1.82) is 0 Å². The Labute approximate surface area is 158 Å². The number of hydrogen-bond donors (Lipinski definition) is 1. The molecule has 1 aliphatic heterocycles. The summed E-state index contributed by atoms with van der Waals surface area (Å²) in [4.78, 5) is 26.2. The van der Waals surface area contributed by atoms with Crippen LogP contribution in [0.5, 0.6) is 11.5 Å². The highest BCUT2D eigenvalue weighted by molar-refractivity contribution is 6.14. The van der Waals surface area contributed by atoms with Gasteiger partial charge in [0.25, 0.3) is 5.91 Å². The molecule has 140 valence electrons. The molecule has 6 heteroatoms. The van der Waals surface area contributed by atoms with Gasteiger partial charge >= 0.3 is 6.03 Å². The number of benzene rings is 2. The Morgan fingerprint density at radius 2 is 1.81 bits per heavy atom. The first-order chi connectivity index (χ1) is 13.0. The van der Waals surface area contributed by atoms with Crippen LogP contribution in [-0.4, -0.2) is 30.1 Å². The number of rotatable bonds is 6. The van der Waals surface area contributed by atoms with Gasteiger partial charge in [-0.1, -0.05) is 42.5 Å². The second-order valence-corrected chi connectivity index (χ2v) is 6.41. The van der Waals surface area contributed by atoms with Crippen molar-refractivity contribution in [3.8, 4) is 11.5 Å². The predicted molar refractivity (Wildman–Crippen MR) is 102 cm³/mol. The normalized spacial score (nSPS) is 15.4. The van der Waals surface area contributed by atoms with Gasteiger partial charge in [0.15, 0.2) is 11.5 Å². The number of methoxy groups -OCH3 is 1. The molecule has 0 unspecified atom stereocenters. The van der Waals surface area contributed by atoms with Crippen molar-refractivity contribution in [3.63, 3.8) is 0 Å². The fourth-order valence-corrected chi connectivity index (χ4v) is 2.81. The lowest BCUT2D eigenvalue weighted by Crippen LogP contribution is -2.30. The minimum Gasteiger partial charge on any atom is -0.493 e. The number of carbonyl (C=O) groups excluding carboxylic acids is 2. The third-order valence-corrected chi connectivity index (χ3v) is 4.03. The molecule has 0 saturated carbocycles. The summed E-state index contributed by atoms with van der Waals surface area (Å²) in [5.41, 5.74) is 1.75. The molecular formula is C21H22N2O4. The number of hydrogen-bond acceptors (Lipinski definition) is 4. The van der Waals surface area contributed by atoms with Crippen molar-refractivity contribution in [1.82, 2.24) is 10.2 Å². The van der Waals surface area contributed by atoms with Crippen LogP contribution >= 0.6 is 0 Å². The molecule has 2 aromatic rings. The van der Waals surface area contributed by atoms with Crippen LogP contribution in [0.15, 0.2) is 54.2 Å². The van der Waals surface area contributed by atoms with Crippen molar-refractivity contribution in [2.24, 2.45) is 0 Å². The summed E-state index contributed by atoms with van der Waals surface area (Å²) < 4.78 is 11.2. The van der Waals surface area contributed by atoms with Gasteiger partial charge in [-0.15, -0.1) is 0 Å². The van der Waals surface area contributed by atoms with Gasteiger partial charge < -0.3 is 14.8 Å². The second kappa shape index (κ2) is 7.95. The van der Waals surface area contributed by atoms with Crippen LogP contribution in [-0.2, 0) is 11.3 Å². The molecule has 0 spiro atoms. The zero-order valence-corrected chi connectivity index (χ0v) is 15.6. The molecule has 1 N–H and O–H groups in total. The Balaban J connectivity index is 1.90. The lowest BCUT2D eigenvalue weighted by atomic mass is 10.1. The van der Waals surface area contributed by atoms with Gasteiger partial charge in [0, 0.05) is 5.56 Å². The van der Waals surface area contributed by atoms with E-state index < -0.39 is 6.03 Å². The monoisotopic (exact) mass is 366 g/mol. The van der Waals surface area contributed by atoms with Gasteiger partial charge in [0.1, 0.15) is 5.70 Å². The number of carbonyl (C=O) groups is 2. The van der Waals surface area contributed by atoms with Gasteiger partial charge in [0.2, 0.25) is 0 Å². The first-order valence-corrected chi connectivity index (χ1v) is 8.71. The highest BCUT2D eigenvalue weighted by Gasteiger charge is 2.33. The number of ether oxygens (including phenoxy) is 2. The maximum Gasteiger partial charge on any atom is 0.329 e. The molecule has 0 aromatic heterocycles. The SMILES string of the molecule is COc1cccc(C=C2NC(=O)N(Cc3ccccc3)C2=O)c1OC(C)C. The zero-order chi connectivity index (χ0) is 19.4. The topological polar surface area (TPSA) is 67.9 Å². The van der Waals surface area contributed by atoms with Crippen molar-refractivity contribution in [2.45, 2.75) is 26.5 Å². The van der Waals surface area contributed by atoms with Gasteiger partial charge in [-0.05, 0) is 31.6 Å². The minimum atomic E-state index is -0.440. The number of urea groups is 1. The van der Waals surface area contributed by atoms with Crippen LogP contribution in [0, 0.1) is 0 Å². The fourth-order valence-electron chi connectivity index (χ4n) is 2.81. The van der Waals surface area contributed by atoms with Crippen LogP contribution in [0.1, 0.15) is 25.0 Å². The van der Waals surface area contributed by atoms with E-state index in [0.29, 0.717) is 17.1 Å². The van der Waals surface area contributed by atoms with Crippen molar-refractivity contribution >= 4 is 18.0 Å². The standard InChI is InChI=1S/C21H22N2O4/c1-14(2)27-19-16(10-7-11-18(19)26-3)12-17-20(24)23(21(25)22-17)13-15-8-5-4-6-9-15/h4-12,14H,13H2,1-3H3,(H,22,25). The Hall–Kier alpha value is -3.28. The summed E-state index contributed by atoms with van der Waals surface area (Å²) in [5.74, 6) is 0.726. The van der Waals surface area contributed by atoms with E-state index in [1.807, 2.05) is 50.2 Å². The lowest BCUT2D eigenvalue weighted by molar-refractivity contribution is -0.123. The molecule has 6 nitrogen and oxygen atoms in total. The van der Waals surface area contributed by atoms with Crippen molar-refractivity contribution in [2.75, 3.05) is 7.11 Å². The van der Waals surface area contributed by atoms with Crippen LogP contribution in [0.3, 0.4) is 0 Å². The van der Waals surface area contributed by atoms with Gasteiger partial charge in [-0.25, -0.2) is 4.79 Å². The van der Waals surface area contributed by atoms with Crippen LogP contribution in [0.25, 0.3) is 6.08 Å². The summed E-state index contributed by atoms with van der Waals surface area (Å²) in [5, 5.41) is 2.64. The number of nitrogens with zero attached hydrogens (tertiary/aromatic N) is 1. The molecule has 0 aliphatic carbocycles. The minimum absolute atomic E-state index is 0.0677. The van der Waals surface area contributed by atoms with E-state index in [2.05, 4.69) is 5.32 Å². The number of imide groups is 1. The molecule has 0 atom stereocenters. The third kappa shape index (κ3) is 4.11. The van der Waals surface area contributed by atoms with Crippen molar-refractivity contribution in [3.05, 3.63) is 65.4 Å². The van der Waals surface area contributed by atoms with Crippen LogP contribution < -0.4 is 14.8 Å². The third-order valence-electron chi connectivity index (χ3n) is 4.03. The van der Waals surface area contributed by atoms with E-state index in [4.69, 9.17) is 9.47 Å². The van der Waals surface area contributed by atoms with Gasteiger partial charge in [-0.3, -0.25) is 9.69 Å². The average Bonchev–Trinajstić information content (AvgIpc) is 2.91. The van der Waals surface area contributed by atoms with E-state index in [-0.39, 0.29) is 24.3 Å².